The third-order valence-corrected chi connectivity index (χ3v) is 5.47. The van der Waals surface area contributed by atoms with E-state index in [9.17, 15) is 0 Å². The minimum absolute atomic E-state index is 0.510. The lowest BCUT2D eigenvalue weighted by Gasteiger charge is -2.16. The normalized spacial score (nSPS) is 10.6. The molecule has 28 heavy (non-hydrogen) atoms. The Balaban J connectivity index is 1.74. The van der Waals surface area contributed by atoms with E-state index in [1.54, 1.807) is 0 Å². The predicted molar refractivity (Wildman–Crippen MR) is 125 cm³/mol. The lowest BCUT2D eigenvalue weighted by atomic mass is 10.1. The third kappa shape index (κ3) is 5.55. The molecule has 0 spiro atoms. The number of hydrogen-bond acceptors (Lipinski definition) is 3. The van der Waals surface area contributed by atoms with Crippen LogP contribution in [0, 0.1) is 10.5 Å². The molecule has 3 aromatic rings. The molecule has 0 fully saturated rings. The molecule has 0 aliphatic rings. The van der Waals surface area contributed by atoms with Crippen LogP contribution in [0.4, 0.5) is 5.69 Å². The number of ether oxygens (including phenoxy) is 2. The highest BCUT2D eigenvalue weighted by Crippen LogP contribution is 2.35. The summed E-state index contributed by atoms with van der Waals surface area (Å²) < 4.78 is 13.0. The zero-order valence-electron chi connectivity index (χ0n) is 16.0. The Morgan fingerprint density at radius 1 is 0.964 bits per heavy atom. The number of anilines is 1. The average Bonchev–Trinajstić information content (AvgIpc) is 2.69. The Kier molecular flexibility index (Phi) is 7.45. The Labute approximate surface area is 185 Å². The van der Waals surface area contributed by atoms with Crippen LogP contribution in [-0.4, -0.2) is 6.61 Å². The second kappa shape index (κ2) is 10.0. The maximum Gasteiger partial charge on any atom is 0.174 e. The summed E-state index contributed by atoms with van der Waals surface area (Å²) in [6.07, 6.45) is 0. The first kappa shape index (κ1) is 20.8. The molecule has 5 heteroatoms. The molecule has 0 heterocycles. The smallest absolute Gasteiger partial charge is 0.174 e. The summed E-state index contributed by atoms with van der Waals surface area (Å²) in [7, 11) is 0. The summed E-state index contributed by atoms with van der Waals surface area (Å²) in [5.41, 5.74) is 4.31. The van der Waals surface area contributed by atoms with E-state index >= 15 is 0 Å². The second-order valence-corrected chi connectivity index (χ2v) is 8.00. The second-order valence-electron chi connectivity index (χ2n) is 6.43. The van der Waals surface area contributed by atoms with Gasteiger partial charge in [-0.1, -0.05) is 48.0 Å². The standard InChI is InChI=1S/C23H23ClINO2/c1-3-27-22-12-18(14-26-19-10-9-16(2)20(24)13-19)11-21(25)23(22)28-15-17-7-5-4-6-8-17/h4-13,26H,3,14-15H2,1-2H3. The van der Waals surface area contributed by atoms with Gasteiger partial charge in [0.15, 0.2) is 11.5 Å². The first-order valence-corrected chi connectivity index (χ1v) is 10.6. The zero-order valence-corrected chi connectivity index (χ0v) is 18.9. The lowest BCUT2D eigenvalue weighted by molar-refractivity contribution is 0.267. The Hall–Kier alpha value is -1.92. The summed E-state index contributed by atoms with van der Waals surface area (Å²) in [6, 6.07) is 20.3. The molecule has 0 unspecified atom stereocenters. The average molecular weight is 508 g/mol. The molecular weight excluding hydrogens is 485 g/mol. The molecule has 3 nitrogen and oxygen atoms in total. The number of nitrogens with one attached hydrogen (secondary N) is 1. The number of halogens is 2. The highest BCUT2D eigenvalue weighted by molar-refractivity contribution is 14.1. The van der Waals surface area contributed by atoms with Crippen molar-refractivity contribution in [1.29, 1.82) is 0 Å². The maximum atomic E-state index is 6.22. The molecule has 0 amide bonds. The van der Waals surface area contributed by atoms with Gasteiger partial charge in [0.2, 0.25) is 0 Å². The van der Waals surface area contributed by atoms with Gasteiger partial charge in [0, 0.05) is 17.3 Å². The van der Waals surface area contributed by atoms with Gasteiger partial charge in [-0.15, -0.1) is 0 Å². The van der Waals surface area contributed by atoms with Crippen LogP contribution in [0.25, 0.3) is 0 Å². The van der Waals surface area contributed by atoms with Crippen LogP contribution < -0.4 is 14.8 Å². The van der Waals surface area contributed by atoms with Gasteiger partial charge in [-0.05, 0) is 77.4 Å². The van der Waals surface area contributed by atoms with Gasteiger partial charge in [-0.25, -0.2) is 0 Å². The topological polar surface area (TPSA) is 30.5 Å². The van der Waals surface area contributed by atoms with Gasteiger partial charge in [-0.2, -0.15) is 0 Å². The molecule has 0 atom stereocenters. The molecule has 1 N–H and O–H groups in total. The van der Waals surface area contributed by atoms with Crippen molar-refractivity contribution in [2.75, 3.05) is 11.9 Å². The van der Waals surface area contributed by atoms with Crippen LogP contribution in [0.15, 0.2) is 60.7 Å². The molecule has 0 aliphatic carbocycles. The van der Waals surface area contributed by atoms with Crippen LogP contribution >= 0.6 is 34.2 Å². The highest BCUT2D eigenvalue weighted by Gasteiger charge is 2.13. The third-order valence-electron chi connectivity index (χ3n) is 4.26. The van der Waals surface area contributed by atoms with Crippen LogP contribution in [0.1, 0.15) is 23.6 Å². The van der Waals surface area contributed by atoms with Gasteiger partial charge in [0.25, 0.3) is 0 Å². The number of hydrogen-bond donors (Lipinski definition) is 1. The molecule has 3 aromatic carbocycles. The van der Waals surface area contributed by atoms with E-state index in [1.165, 1.54) is 0 Å². The summed E-state index contributed by atoms with van der Waals surface area (Å²) >= 11 is 8.52. The van der Waals surface area contributed by atoms with E-state index in [2.05, 4.69) is 46.1 Å². The molecule has 146 valence electrons. The Morgan fingerprint density at radius 3 is 2.46 bits per heavy atom. The SMILES string of the molecule is CCOc1cc(CNc2ccc(C)c(Cl)c2)cc(I)c1OCc1ccccc1. The highest BCUT2D eigenvalue weighted by atomic mass is 127. The molecule has 0 radical (unpaired) electrons. The van der Waals surface area contributed by atoms with Crippen molar-refractivity contribution < 1.29 is 9.47 Å². The van der Waals surface area contributed by atoms with Crippen molar-refractivity contribution >= 4 is 39.9 Å². The number of rotatable bonds is 8. The fourth-order valence-electron chi connectivity index (χ4n) is 2.76. The predicted octanol–water partition coefficient (Wildman–Crippen LogP) is 6.84. The van der Waals surface area contributed by atoms with E-state index in [-0.39, 0.29) is 0 Å². The summed E-state index contributed by atoms with van der Waals surface area (Å²) in [5.74, 6) is 1.55. The van der Waals surface area contributed by atoms with Crippen LogP contribution in [0.2, 0.25) is 5.02 Å². The van der Waals surface area contributed by atoms with E-state index in [0.29, 0.717) is 19.8 Å². The maximum absolute atomic E-state index is 6.22. The summed E-state index contributed by atoms with van der Waals surface area (Å²) in [5, 5.41) is 4.18. The van der Waals surface area contributed by atoms with Crippen molar-refractivity contribution in [3.05, 3.63) is 85.9 Å². The molecular formula is C23H23ClINO2. The van der Waals surface area contributed by atoms with E-state index in [1.807, 2.05) is 56.3 Å². The zero-order chi connectivity index (χ0) is 19.9. The quantitative estimate of drug-likeness (QED) is 0.339. The van der Waals surface area contributed by atoms with Crippen molar-refractivity contribution in [2.45, 2.75) is 27.0 Å². The van der Waals surface area contributed by atoms with Crippen molar-refractivity contribution in [3.63, 3.8) is 0 Å². The van der Waals surface area contributed by atoms with Crippen molar-refractivity contribution in [2.24, 2.45) is 0 Å². The van der Waals surface area contributed by atoms with E-state index in [0.717, 1.165) is 42.5 Å². The van der Waals surface area contributed by atoms with Gasteiger partial charge in [-0.3, -0.25) is 0 Å². The van der Waals surface area contributed by atoms with Crippen LogP contribution in [0.3, 0.4) is 0 Å². The molecule has 0 bridgehead atoms. The molecule has 0 saturated carbocycles. The van der Waals surface area contributed by atoms with Crippen molar-refractivity contribution in [3.8, 4) is 11.5 Å². The fourth-order valence-corrected chi connectivity index (χ4v) is 3.77. The minimum atomic E-state index is 0.510. The van der Waals surface area contributed by atoms with Gasteiger partial charge >= 0.3 is 0 Å². The molecule has 0 saturated heterocycles. The van der Waals surface area contributed by atoms with Crippen LogP contribution in [-0.2, 0) is 13.2 Å². The van der Waals surface area contributed by atoms with Gasteiger partial charge < -0.3 is 14.8 Å². The summed E-state index contributed by atoms with van der Waals surface area (Å²) in [6.45, 7) is 5.75. The first-order valence-electron chi connectivity index (χ1n) is 9.18. The Morgan fingerprint density at radius 2 is 1.75 bits per heavy atom. The monoisotopic (exact) mass is 507 g/mol. The van der Waals surface area contributed by atoms with E-state index in [4.69, 9.17) is 21.1 Å². The number of benzene rings is 3. The fraction of sp³-hybridized carbons (Fsp3) is 0.217. The first-order chi connectivity index (χ1) is 13.6. The minimum Gasteiger partial charge on any atom is -0.490 e. The van der Waals surface area contributed by atoms with Crippen molar-refractivity contribution in [1.82, 2.24) is 0 Å². The molecule has 0 aliphatic heterocycles. The summed E-state index contributed by atoms with van der Waals surface area (Å²) in [4.78, 5) is 0. The van der Waals surface area contributed by atoms with Gasteiger partial charge in [0.1, 0.15) is 6.61 Å². The molecule has 3 rings (SSSR count). The van der Waals surface area contributed by atoms with Gasteiger partial charge in [0.05, 0.1) is 10.2 Å². The Bertz CT molecular complexity index is 931. The largest absolute Gasteiger partial charge is 0.490 e. The number of aryl methyl sites for hydroxylation is 1. The van der Waals surface area contributed by atoms with Crippen LogP contribution in [0.5, 0.6) is 11.5 Å². The lowest BCUT2D eigenvalue weighted by Crippen LogP contribution is -2.05. The molecule has 0 aromatic heterocycles. The van der Waals surface area contributed by atoms with E-state index < -0.39 is 0 Å².